The molecule has 1 amide bonds. The van der Waals surface area contributed by atoms with Crippen LogP contribution in [0.1, 0.15) is 18.1 Å². The summed E-state index contributed by atoms with van der Waals surface area (Å²) in [5.41, 5.74) is 8.16. The molecular formula is C12H15NO. The average molecular weight is 189 g/mol. The van der Waals surface area contributed by atoms with Gasteiger partial charge in [-0.2, -0.15) is 0 Å². The molecule has 0 aliphatic rings. The molecule has 2 heteroatoms. The summed E-state index contributed by atoms with van der Waals surface area (Å²) in [7, 11) is 0. The molecule has 1 aromatic rings. The molecule has 0 spiro atoms. The molecule has 0 saturated carbocycles. The third-order valence-electron chi connectivity index (χ3n) is 2.15. The Kier molecular flexibility index (Phi) is 3.46. The first-order valence-electron chi connectivity index (χ1n) is 4.61. The number of hydrogen-bond donors (Lipinski definition) is 1. The second-order valence-electron chi connectivity index (χ2n) is 3.44. The van der Waals surface area contributed by atoms with Crippen molar-refractivity contribution < 1.29 is 4.79 Å². The zero-order chi connectivity index (χ0) is 10.6. The van der Waals surface area contributed by atoms with E-state index in [9.17, 15) is 4.79 Å². The van der Waals surface area contributed by atoms with Gasteiger partial charge in [-0.25, -0.2) is 0 Å². The molecule has 0 heterocycles. The highest BCUT2D eigenvalue weighted by Gasteiger charge is 1.96. The second kappa shape index (κ2) is 4.61. The van der Waals surface area contributed by atoms with Gasteiger partial charge >= 0.3 is 0 Å². The number of nitrogens with two attached hydrogens (primary N) is 1. The number of hydrogen-bond acceptors (Lipinski definition) is 1. The largest absolute Gasteiger partial charge is 0.366 e. The SMILES string of the molecule is C/C(=C\Cc1ccc(C)cc1)C(N)=O. The van der Waals surface area contributed by atoms with Gasteiger partial charge in [-0.3, -0.25) is 4.79 Å². The van der Waals surface area contributed by atoms with Crippen LogP contribution in [0.15, 0.2) is 35.9 Å². The maximum Gasteiger partial charge on any atom is 0.244 e. The van der Waals surface area contributed by atoms with Crippen LogP contribution in [0, 0.1) is 6.92 Å². The van der Waals surface area contributed by atoms with E-state index in [4.69, 9.17) is 5.73 Å². The lowest BCUT2D eigenvalue weighted by Gasteiger charge is -1.98. The fourth-order valence-electron chi connectivity index (χ4n) is 1.10. The third-order valence-corrected chi connectivity index (χ3v) is 2.15. The van der Waals surface area contributed by atoms with Gasteiger partial charge in [0.25, 0.3) is 0 Å². The van der Waals surface area contributed by atoms with Gasteiger partial charge in [0.15, 0.2) is 0 Å². The zero-order valence-electron chi connectivity index (χ0n) is 8.58. The van der Waals surface area contributed by atoms with Gasteiger partial charge in [0.1, 0.15) is 0 Å². The van der Waals surface area contributed by atoms with E-state index in [1.54, 1.807) is 6.92 Å². The van der Waals surface area contributed by atoms with Crippen molar-refractivity contribution in [3.63, 3.8) is 0 Å². The number of allylic oxidation sites excluding steroid dienone is 1. The number of carbonyl (C=O) groups is 1. The molecule has 0 atom stereocenters. The first-order chi connectivity index (χ1) is 6.59. The number of rotatable bonds is 3. The topological polar surface area (TPSA) is 43.1 Å². The Bertz CT molecular complexity index is 349. The third kappa shape index (κ3) is 3.05. The molecular weight excluding hydrogens is 174 g/mol. The maximum absolute atomic E-state index is 10.7. The number of aryl methyl sites for hydroxylation is 1. The molecule has 0 aliphatic carbocycles. The predicted molar refractivity (Wildman–Crippen MR) is 57.8 cm³/mol. The highest BCUT2D eigenvalue weighted by atomic mass is 16.1. The van der Waals surface area contributed by atoms with Gasteiger partial charge in [0.2, 0.25) is 5.91 Å². The van der Waals surface area contributed by atoms with Crippen LogP contribution in [0.5, 0.6) is 0 Å². The molecule has 2 nitrogen and oxygen atoms in total. The molecule has 14 heavy (non-hydrogen) atoms. The maximum atomic E-state index is 10.7. The Balaban J connectivity index is 2.66. The van der Waals surface area contributed by atoms with Crippen molar-refractivity contribution in [2.24, 2.45) is 5.73 Å². The van der Waals surface area contributed by atoms with Gasteiger partial charge in [0, 0.05) is 5.57 Å². The van der Waals surface area contributed by atoms with E-state index >= 15 is 0 Å². The van der Waals surface area contributed by atoms with E-state index in [1.807, 2.05) is 13.0 Å². The van der Waals surface area contributed by atoms with Gasteiger partial charge in [-0.05, 0) is 25.8 Å². The second-order valence-corrected chi connectivity index (χ2v) is 3.44. The Labute approximate surface area is 84.4 Å². The lowest BCUT2D eigenvalue weighted by atomic mass is 10.1. The summed E-state index contributed by atoms with van der Waals surface area (Å²) in [6.07, 6.45) is 2.61. The van der Waals surface area contributed by atoms with Crippen molar-refractivity contribution >= 4 is 5.91 Å². The smallest absolute Gasteiger partial charge is 0.244 e. The summed E-state index contributed by atoms with van der Waals surface area (Å²) in [6.45, 7) is 3.78. The van der Waals surface area contributed by atoms with Crippen LogP contribution in [0.4, 0.5) is 0 Å². The minimum atomic E-state index is -0.350. The first kappa shape index (κ1) is 10.5. The molecule has 1 rings (SSSR count). The summed E-state index contributed by atoms with van der Waals surface area (Å²) in [6, 6.07) is 8.23. The lowest BCUT2D eigenvalue weighted by Crippen LogP contribution is -2.11. The Morgan fingerprint density at radius 2 is 1.93 bits per heavy atom. The Morgan fingerprint density at radius 1 is 1.36 bits per heavy atom. The zero-order valence-corrected chi connectivity index (χ0v) is 8.58. The van der Waals surface area contributed by atoms with E-state index in [0.29, 0.717) is 5.57 Å². The summed E-state index contributed by atoms with van der Waals surface area (Å²) in [4.78, 5) is 10.7. The standard InChI is InChI=1S/C12H15NO/c1-9-3-6-11(7-4-9)8-5-10(2)12(13)14/h3-7H,8H2,1-2H3,(H2,13,14)/b10-5+. The van der Waals surface area contributed by atoms with Crippen LogP contribution >= 0.6 is 0 Å². The molecule has 0 radical (unpaired) electrons. The molecule has 0 bridgehead atoms. The van der Waals surface area contributed by atoms with E-state index < -0.39 is 0 Å². The molecule has 74 valence electrons. The van der Waals surface area contributed by atoms with Crippen LogP contribution in [0.25, 0.3) is 0 Å². The van der Waals surface area contributed by atoms with Crippen molar-refractivity contribution in [2.75, 3.05) is 0 Å². The minimum absolute atomic E-state index is 0.350. The number of benzene rings is 1. The van der Waals surface area contributed by atoms with Crippen LogP contribution in [-0.4, -0.2) is 5.91 Å². The van der Waals surface area contributed by atoms with E-state index in [0.717, 1.165) is 6.42 Å². The van der Waals surface area contributed by atoms with Crippen LogP contribution in [-0.2, 0) is 11.2 Å². The molecule has 0 aromatic heterocycles. The predicted octanol–water partition coefficient (Wildman–Crippen LogP) is 1.97. The molecule has 0 saturated heterocycles. The summed E-state index contributed by atoms with van der Waals surface area (Å²) in [5, 5.41) is 0. The van der Waals surface area contributed by atoms with Crippen molar-refractivity contribution in [1.82, 2.24) is 0 Å². The minimum Gasteiger partial charge on any atom is -0.366 e. The van der Waals surface area contributed by atoms with E-state index in [2.05, 4.69) is 24.3 Å². The Morgan fingerprint density at radius 3 is 2.43 bits per heavy atom. The summed E-state index contributed by atoms with van der Waals surface area (Å²) in [5.74, 6) is -0.350. The molecule has 2 N–H and O–H groups in total. The van der Waals surface area contributed by atoms with E-state index in [1.165, 1.54) is 11.1 Å². The normalized spacial score (nSPS) is 11.4. The number of amides is 1. The summed E-state index contributed by atoms with van der Waals surface area (Å²) < 4.78 is 0. The fourth-order valence-corrected chi connectivity index (χ4v) is 1.10. The number of carbonyl (C=O) groups excluding carboxylic acids is 1. The molecule has 0 fully saturated rings. The van der Waals surface area contributed by atoms with Crippen LogP contribution in [0.2, 0.25) is 0 Å². The highest BCUT2D eigenvalue weighted by Crippen LogP contribution is 2.05. The molecule has 0 unspecified atom stereocenters. The lowest BCUT2D eigenvalue weighted by molar-refractivity contribution is -0.114. The van der Waals surface area contributed by atoms with Gasteiger partial charge in [-0.1, -0.05) is 35.9 Å². The van der Waals surface area contributed by atoms with Crippen molar-refractivity contribution in [3.8, 4) is 0 Å². The van der Waals surface area contributed by atoms with Crippen molar-refractivity contribution in [3.05, 3.63) is 47.0 Å². The average Bonchev–Trinajstić information content (AvgIpc) is 2.16. The molecule has 1 aromatic carbocycles. The van der Waals surface area contributed by atoms with Crippen molar-refractivity contribution in [2.45, 2.75) is 20.3 Å². The fraction of sp³-hybridized carbons (Fsp3) is 0.250. The van der Waals surface area contributed by atoms with Crippen LogP contribution < -0.4 is 5.73 Å². The quantitative estimate of drug-likeness (QED) is 0.726. The number of primary amides is 1. The Hall–Kier alpha value is -1.57. The highest BCUT2D eigenvalue weighted by molar-refractivity contribution is 5.91. The van der Waals surface area contributed by atoms with Gasteiger partial charge in [0.05, 0.1) is 0 Å². The van der Waals surface area contributed by atoms with E-state index in [-0.39, 0.29) is 5.91 Å². The summed E-state index contributed by atoms with van der Waals surface area (Å²) >= 11 is 0. The monoisotopic (exact) mass is 189 g/mol. The first-order valence-corrected chi connectivity index (χ1v) is 4.61. The van der Waals surface area contributed by atoms with Gasteiger partial charge in [-0.15, -0.1) is 0 Å². The van der Waals surface area contributed by atoms with Crippen molar-refractivity contribution in [1.29, 1.82) is 0 Å². The molecule has 0 aliphatic heterocycles. The van der Waals surface area contributed by atoms with Gasteiger partial charge < -0.3 is 5.73 Å². The van der Waals surface area contributed by atoms with Crippen LogP contribution in [0.3, 0.4) is 0 Å².